The van der Waals surface area contributed by atoms with Crippen LogP contribution < -0.4 is 5.73 Å². The van der Waals surface area contributed by atoms with E-state index in [4.69, 9.17) is 5.73 Å². The quantitative estimate of drug-likeness (QED) is 0.835. The first-order valence-corrected chi connectivity index (χ1v) is 6.32. The maximum atomic E-state index is 13.8. The molecule has 2 nitrogen and oxygen atoms in total. The van der Waals surface area contributed by atoms with Crippen molar-refractivity contribution in [2.45, 2.75) is 38.8 Å². The van der Waals surface area contributed by atoms with Gasteiger partial charge in [-0.15, -0.1) is 0 Å². The minimum atomic E-state index is -1.19. The van der Waals surface area contributed by atoms with Gasteiger partial charge in [-0.3, -0.25) is 4.90 Å². The summed E-state index contributed by atoms with van der Waals surface area (Å²) in [6.45, 7) is 6.12. The Hall–Kier alpha value is -1.07. The lowest BCUT2D eigenvalue weighted by atomic mass is 9.94. The third kappa shape index (κ3) is 3.28. The van der Waals surface area contributed by atoms with Crippen LogP contribution in [0, 0.1) is 17.5 Å². The number of nitrogens with zero attached hydrogens (tertiary/aromatic N) is 1. The third-order valence-electron chi connectivity index (χ3n) is 3.91. The Kier molecular flexibility index (Phi) is 4.98. The molecule has 1 unspecified atom stereocenters. The minimum Gasteiger partial charge on any atom is -0.329 e. The monoisotopic (exact) mass is 274 g/mol. The molecule has 0 heterocycles. The first kappa shape index (κ1) is 16.0. The molecule has 0 aliphatic carbocycles. The maximum absolute atomic E-state index is 13.8. The van der Waals surface area contributed by atoms with Crippen molar-refractivity contribution >= 4 is 0 Å². The van der Waals surface area contributed by atoms with Gasteiger partial charge in [0.2, 0.25) is 0 Å². The third-order valence-corrected chi connectivity index (χ3v) is 3.91. The van der Waals surface area contributed by atoms with Crippen LogP contribution in [0.2, 0.25) is 0 Å². The average molecular weight is 274 g/mol. The van der Waals surface area contributed by atoms with Gasteiger partial charge in [0.25, 0.3) is 0 Å². The molecule has 0 aliphatic rings. The van der Waals surface area contributed by atoms with Crippen LogP contribution in [0.15, 0.2) is 12.1 Å². The van der Waals surface area contributed by atoms with Gasteiger partial charge in [0.1, 0.15) is 5.82 Å². The summed E-state index contributed by atoms with van der Waals surface area (Å²) in [7, 11) is 1.81. The first-order valence-electron chi connectivity index (χ1n) is 6.32. The fourth-order valence-electron chi connectivity index (χ4n) is 1.96. The molecule has 0 spiro atoms. The number of hydrogen-bond acceptors (Lipinski definition) is 2. The first-order chi connectivity index (χ1) is 8.74. The average Bonchev–Trinajstić information content (AvgIpc) is 2.36. The van der Waals surface area contributed by atoms with Gasteiger partial charge in [0, 0.05) is 23.7 Å². The SMILES string of the molecule is CCC(C)(C)N(C)C(CN)c1cc(F)c(F)cc1F. The zero-order valence-electron chi connectivity index (χ0n) is 11.8. The predicted octanol–water partition coefficient (Wildman–Crippen LogP) is 3.22. The van der Waals surface area contributed by atoms with Crippen molar-refractivity contribution in [3.8, 4) is 0 Å². The van der Waals surface area contributed by atoms with Crippen molar-refractivity contribution in [1.82, 2.24) is 4.90 Å². The molecule has 0 saturated heterocycles. The van der Waals surface area contributed by atoms with Crippen molar-refractivity contribution in [3.63, 3.8) is 0 Å². The van der Waals surface area contributed by atoms with Crippen LogP contribution in [0.5, 0.6) is 0 Å². The van der Waals surface area contributed by atoms with Crippen molar-refractivity contribution in [2.75, 3.05) is 13.6 Å². The second-order valence-electron chi connectivity index (χ2n) is 5.32. The number of likely N-dealkylation sites (N-methyl/N-ethyl adjacent to an activating group) is 1. The molecule has 1 atom stereocenters. The highest BCUT2D eigenvalue weighted by Crippen LogP contribution is 2.30. The maximum Gasteiger partial charge on any atom is 0.161 e. The second kappa shape index (κ2) is 5.92. The fraction of sp³-hybridized carbons (Fsp3) is 0.571. The molecule has 1 rings (SSSR count). The van der Waals surface area contributed by atoms with Gasteiger partial charge in [-0.1, -0.05) is 6.92 Å². The molecule has 0 fully saturated rings. The summed E-state index contributed by atoms with van der Waals surface area (Å²) in [6, 6.07) is 0.968. The van der Waals surface area contributed by atoms with Crippen LogP contribution in [0.25, 0.3) is 0 Å². The lowest BCUT2D eigenvalue weighted by Gasteiger charge is -2.40. The molecule has 0 aromatic heterocycles. The van der Waals surface area contributed by atoms with Crippen LogP contribution >= 0.6 is 0 Å². The standard InChI is InChI=1S/C14H21F3N2/c1-5-14(2,3)19(4)13(8-18)9-6-11(16)12(17)7-10(9)15/h6-7,13H,5,8,18H2,1-4H3. The summed E-state index contributed by atoms with van der Waals surface area (Å²) in [5, 5.41) is 0. The fourth-order valence-corrected chi connectivity index (χ4v) is 1.96. The van der Waals surface area contributed by atoms with Gasteiger partial charge in [0.05, 0.1) is 6.04 Å². The van der Waals surface area contributed by atoms with Gasteiger partial charge in [-0.2, -0.15) is 0 Å². The van der Waals surface area contributed by atoms with Gasteiger partial charge >= 0.3 is 0 Å². The van der Waals surface area contributed by atoms with E-state index in [-0.39, 0.29) is 17.6 Å². The van der Waals surface area contributed by atoms with Crippen LogP contribution in [0.4, 0.5) is 13.2 Å². The molecule has 5 heteroatoms. The van der Waals surface area contributed by atoms with Crippen LogP contribution in [-0.4, -0.2) is 24.0 Å². The molecule has 0 amide bonds. The molecular formula is C14H21F3N2. The smallest absolute Gasteiger partial charge is 0.161 e. The second-order valence-corrected chi connectivity index (χ2v) is 5.32. The van der Waals surface area contributed by atoms with Crippen molar-refractivity contribution in [2.24, 2.45) is 5.73 Å². The molecule has 0 saturated carbocycles. The molecule has 1 aromatic carbocycles. The topological polar surface area (TPSA) is 29.3 Å². The van der Waals surface area contributed by atoms with E-state index in [1.54, 1.807) is 0 Å². The summed E-state index contributed by atoms with van der Waals surface area (Å²) < 4.78 is 40.1. The van der Waals surface area contributed by atoms with Gasteiger partial charge in [0.15, 0.2) is 11.6 Å². The van der Waals surface area contributed by atoms with Gasteiger partial charge < -0.3 is 5.73 Å². The Balaban J connectivity index is 3.21. The largest absolute Gasteiger partial charge is 0.329 e. The highest BCUT2D eigenvalue weighted by molar-refractivity contribution is 5.24. The lowest BCUT2D eigenvalue weighted by Crippen LogP contribution is -2.45. The van der Waals surface area contributed by atoms with Crippen LogP contribution in [0.1, 0.15) is 38.8 Å². The number of benzene rings is 1. The van der Waals surface area contributed by atoms with Crippen molar-refractivity contribution < 1.29 is 13.2 Å². The van der Waals surface area contributed by atoms with E-state index in [2.05, 4.69) is 0 Å². The van der Waals surface area contributed by atoms with E-state index >= 15 is 0 Å². The zero-order valence-corrected chi connectivity index (χ0v) is 11.8. The Labute approximate surface area is 112 Å². The van der Waals surface area contributed by atoms with E-state index < -0.39 is 23.5 Å². The van der Waals surface area contributed by atoms with Crippen LogP contribution in [0.3, 0.4) is 0 Å². The number of hydrogen-bond donors (Lipinski definition) is 1. The molecular weight excluding hydrogens is 253 g/mol. The molecule has 19 heavy (non-hydrogen) atoms. The van der Waals surface area contributed by atoms with E-state index in [0.29, 0.717) is 6.07 Å². The lowest BCUT2D eigenvalue weighted by molar-refractivity contribution is 0.0982. The minimum absolute atomic E-state index is 0.0884. The van der Waals surface area contributed by atoms with Crippen LogP contribution in [-0.2, 0) is 0 Å². The van der Waals surface area contributed by atoms with Gasteiger partial charge in [-0.25, -0.2) is 13.2 Å². The summed E-state index contributed by atoms with van der Waals surface area (Å²) in [4.78, 5) is 1.89. The summed E-state index contributed by atoms with van der Waals surface area (Å²) in [6.07, 6.45) is 0.825. The number of halogens is 3. The Morgan fingerprint density at radius 2 is 1.68 bits per heavy atom. The summed E-state index contributed by atoms with van der Waals surface area (Å²) in [5.74, 6) is -3.01. The summed E-state index contributed by atoms with van der Waals surface area (Å²) >= 11 is 0. The molecule has 1 aromatic rings. The molecule has 108 valence electrons. The Morgan fingerprint density at radius 3 is 2.16 bits per heavy atom. The molecule has 2 N–H and O–H groups in total. The van der Waals surface area contributed by atoms with Gasteiger partial charge in [-0.05, 0) is 33.4 Å². The molecule has 0 bridgehead atoms. The van der Waals surface area contributed by atoms with E-state index in [1.807, 2.05) is 32.7 Å². The van der Waals surface area contributed by atoms with Crippen molar-refractivity contribution in [1.29, 1.82) is 0 Å². The van der Waals surface area contributed by atoms with E-state index in [0.717, 1.165) is 12.5 Å². The summed E-state index contributed by atoms with van der Waals surface area (Å²) in [5.41, 5.74) is 5.56. The Morgan fingerprint density at radius 1 is 1.16 bits per heavy atom. The molecule has 0 aliphatic heterocycles. The zero-order chi connectivity index (χ0) is 14.8. The highest BCUT2D eigenvalue weighted by Gasteiger charge is 2.30. The number of rotatable bonds is 5. The van der Waals surface area contributed by atoms with E-state index in [1.165, 1.54) is 0 Å². The van der Waals surface area contributed by atoms with Crippen molar-refractivity contribution in [3.05, 3.63) is 35.1 Å². The Bertz CT molecular complexity index is 447. The normalized spacial score (nSPS) is 13.9. The predicted molar refractivity (Wildman–Crippen MR) is 70.2 cm³/mol. The number of nitrogens with two attached hydrogens (primary N) is 1. The van der Waals surface area contributed by atoms with E-state index in [9.17, 15) is 13.2 Å². The molecule has 0 radical (unpaired) electrons. The highest BCUT2D eigenvalue weighted by atomic mass is 19.2.